The number of amidine groups is 1. The van der Waals surface area contributed by atoms with Crippen LogP contribution in [0.4, 0.5) is 4.79 Å². The van der Waals surface area contributed by atoms with E-state index in [1.54, 1.807) is 23.2 Å². The van der Waals surface area contributed by atoms with Crippen LogP contribution < -0.4 is 15.8 Å². The fourth-order valence-corrected chi connectivity index (χ4v) is 6.15. The van der Waals surface area contributed by atoms with Gasteiger partial charge in [0.2, 0.25) is 5.88 Å². The van der Waals surface area contributed by atoms with Crippen molar-refractivity contribution in [2.24, 2.45) is 39.8 Å². The molecular formula is C26H35N7O3. The third-order valence-corrected chi connectivity index (χ3v) is 7.42. The molecule has 0 radical (unpaired) electrons. The van der Waals surface area contributed by atoms with E-state index in [-0.39, 0.29) is 23.8 Å². The second kappa shape index (κ2) is 9.85. The number of nitriles is 2. The number of ether oxygens (including phenoxy) is 2. The quantitative estimate of drug-likeness (QED) is 0.242. The Hall–Kier alpha value is -3.53. The second-order valence-corrected chi connectivity index (χ2v) is 11.4. The summed E-state index contributed by atoms with van der Waals surface area (Å²) >= 11 is 0. The minimum Gasteiger partial charge on any atom is -0.477 e. The standard InChI is InChI=1S/C26H35N7O3/c1-16(2)13-35-23-20(12-31-33(23)6-5-25(3,4)14-27)22(30-15-28)32-21-18-7-17-8-19(21)11-26(9-17,10-18)36-24(29)34/h5-6,12,16-19,21H,7-11,13H2,1-4H3,(H2,29,34)(H,30,32). The maximum absolute atomic E-state index is 11.6. The monoisotopic (exact) mass is 493 g/mol. The van der Waals surface area contributed by atoms with E-state index in [0.717, 1.165) is 32.1 Å². The van der Waals surface area contributed by atoms with Crippen LogP contribution in [-0.2, 0) is 4.74 Å². The van der Waals surface area contributed by atoms with Gasteiger partial charge in [0.25, 0.3) is 0 Å². The number of primary amides is 1. The lowest BCUT2D eigenvalue weighted by molar-refractivity contribution is -0.133. The van der Waals surface area contributed by atoms with E-state index in [9.17, 15) is 15.3 Å². The van der Waals surface area contributed by atoms with Crippen molar-refractivity contribution in [2.75, 3.05) is 6.61 Å². The molecule has 1 aromatic heterocycles. The van der Waals surface area contributed by atoms with E-state index in [1.807, 2.05) is 20.0 Å². The molecule has 10 nitrogen and oxygen atoms in total. The Morgan fingerprint density at radius 2 is 2.06 bits per heavy atom. The van der Waals surface area contributed by atoms with Crippen LogP contribution in [0.2, 0.25) is 0 Å². The number of aliphatic imine (C=N–C) groups is 1. The third kappa shape index (κ3) is 5.33. The van der Waals surface area contributed by atoms with Crippen LogP contribution in [0.3, 0.4) is 0 Å². The van der Waals surface area contributed by atoms with Crippen molar-refractivity contribution in [1.29, 1.82) is 10.5 Å². The van der Waals surface area contributed by atoms with Crippen molar-refractivity contribution in [3.05, 3.63) is 17.8 Å². The van der Waals surface area contributed by atoms with Gasteiger partial charge in [0.1, 0.15) is 11.4 Å². The lowest BCUT2D eigenvalue weighted by atomic mass is 9.52. The van der Waals surface area contributed by atoms with Crippen molar-refractivity contribution in [1.82, 2.24) is 15.1 Å². The fourth-order valence-electron chi connectivity index (χ4n) is 6.15. The van der Waals surface area contributed by atoms with Crippen molar-refractivity contribution in [3.8, 4) is 18.1 Å². The normalized spacial score (nSPS) is 29.2. The van der Waals surface area contributed by atoms with Gasteiger partial charge < -0.3 is 15.2 Å². The molecule has 3 N–H and O–H groups in total. The van der Waals surface area contributed by atoms with Gasteiger partial charge in [-0.2, -0.15) is 15.6 Å². The Bertz CT molecular complexity index is 1120. The Balaban J connectivity index is 1.67. The van der Waals surface area contributed by atoms with Crippen LogP contribution in [0.25, 0.3) is 6.20 Å². The van der Waals surface area contributed by atoms with Crippen molar-refractivity contribution < 1.29 is 14.3 Å². The first-order chi connectivity index (χ1) is 17.0. The van der Waals surface area contributed by atoms with Gasteiger partial charge in [0, 0.05) is 6.20 Å². The van der Waals surface area contributed by atoms with Gasteiger partial charge in [-0.05, 0) is 75.7 Å². The van der Waals surface area contributed by atoms with Crippen LogP contribution in [0.5, 0.6) is 5.88 Å². The highest BCUT2D eigenvalue weighted by atomic mass is 16.6. The number of hydrogen-bond acceptors (Lipinski definition) is 7. The molecule has 10 heteroatoms. The molecule has 1 heterocycles. The molecule has 4 aliphatic carbocycles. The summed E-state index contributed by atoms with van der Waals surface area (Å²) in [7, 11) is 0. The predicted molar refractivity (Wildman–Crippen MR) is 133 cm³/mol. The SMILES string of the molecule is CC(C)COc1c(C(=NC2C3CC4CC2CC(OC(N)=O)(C4)C3)NC#N)cnn1C=CC(C)(C)C#N. The van der Waals surface area contributed by atoms with E-state index in [1.165, 1.54) is 0 Å². The largest absolute Gasteiger partial charge is 0.477 e. The van der Waals surface area contributed by atoms with Gasteiger partial charge in [0.05, 0.1) is 35.9 Å². The topological polar surface area (TPSA) is 151 Å². The molecule has 4 saturated carbocycles. The smallest absolute Gasteiger partial charge is 0.405 e. The van der Waals surface area contributed by atoms with Gasteiger partial charge in [-0.3, -0.25) is 10.3 Å². The Morgan fingerprint density at radius 1 is 1.36 bits per heavy atom. The molecule has 4 bridgehead atoms. The number of aromatic nitrogens is 2. The summed E-state index contributed by atoms with van der Waals surface area (Å²) in [5, 5.41) is 26.1. The summed E-state index contributed by atoms with van der Waals surface area (Å²) in [4.78, 5) is 16.6. The zero-order valence-corrected chi connectivity index (χ0v) is 21.4. The molecule has 1 amide bonds. The van der Waals surface area contributed by atoms with E-state index in [2.05, 4.69) is 30.3 Å². The first-order valence-electron chi connectivity index (χ1n) is 12.6. The molecule has 1 aromatic rings. The zero-order chi connectivity index (χ0) is 26.1. The number of rotatable bonds is 8. The van der Waals surface area contributed by atoms with Crippen LogP contribution in [0.15, 0.2) is 17.3 Å². The van der Waals surface area contributed by atoms with Crippen molar-refractivity contribution in [2.45, 2.75) is 71.4 Å². The lowest BCUT2D eigenvalue weighted by Crippen LogP contribution is -2.58. The average molecular weight is 494 g/mol. The Morgan fingerprint density at radius 3 is 2.64 bits per heavy atom. The van der Waals surface area contributed by atoms with Crippen LogP contribution in [-0.4, -0.2) is 40.0 Å². The van der Waals surface area contributed by atoms with Crippen molar-refractivity contribution >= 4 is 18.1 Å². The van der Waals surface area contributed by atoms with Crippen LogP contribution >= 0.6 is 0 Å². The van der Waals surface area contributed by atoms with Crippen LogP contribution in [0.1, 0.15) is 65.4 Å². The number of nitrogens with zero attached hydrogens (tertiary/aromatic N) is 5. The second-order valence-electron chi connectivity index (χ2n) is 11.4. The van der Waals surface area contributed by atoms with Gasteiger partial charge in [-0.1, -0.05) is 13.8 Å². The van der Waals surface area contributed by atoms with Crippen molar-refractivity contribution in [3.63, 3.8) is 0 Å². The molecule has 192 valence electrons. The number of nitrogens with one attached hydrogen (secondary N) is 1. The molecule has 2 unspecified atom stereocenters. The molecule has 0 aromatic carbocycles. The van der Waals surface area contributed by atoms with E-state index in [0.29, 0.717) is 29.8 Å². The van der Waals surface area contributed by atoms with Crippen LogP contribution in [0, 0.1) is 51.9 Å². The minimum atomic E-state index is -0.712. The zero-order valence-electron chi connectivity index (χ0n) is 21.4. The molecule has 0 saturated heterocycles. The summed E-state index contributed by atoms with van der Waals surface area (Å²) in [6.07, 6.45) is 10.8. The molecule has 4 fully saturated rings. The maximum Gasteiger partial charge on any atom is 0.405 e. The number of hydrogen-bond donors (Lipinski definition) is 2. The molecule has 5 rings (SSSR count). The molecule has 4 aliphatic rings. The first kappa shape index (κ1) is 25.6. The fraction of sp³-hybridized carbons (Fsp3) is 0.654. The Labute approximate surface area is 212 Å². The maximum atomic E-state index is 11.6. The number of amides is 1. The first-order valence-corrected chi connectivity index (χ1v) is 12.6. The summed E-state index contributed by atoms with van der Waals surface area (Å²) in [6, 6.07) is 2.24. The minimum absolute atomic E-state index is 0.00337. The highest BCUT2D eigenvalue weighted by molar-refractivity contribution is 6.01. The van der Waals surface area contributed by atoms with Gasteiger partial charge in [-0.25, -0.2) is 9.48 Å². The number of nitrogens with two attached hydrogens (primary N) is 1. The Kier molecular flexibility index (Phi) is 6.99. The molecular weight excluding hydrogens is 458 g/mol. The summed E-state index contributed by atoms with van der Waals surface area (Å²) in [6.45, 7) is 8.19. The molecule has 0 spiro atoms. The van der Waals surface area contributed by atoms with E-state index < -0.39 is 17.1 Å². The lowest BCUT2D eigenvalue weighted by Gasteiger charge is -2.57. The van der Waals surface area contributed by atoms with E-state index >= 15 is 0 Å². The number of carbonyl (C=O) groups excluding carboxylic acids is 1. The van der Waals surface area contributed by atoms with Gasteiger partial charge in [-0.15, -0.1) is 0 Å². The molecule has 0 aliphatic heterocycles. The average Bonchev–Trinajstić information content (AvgIpc) is 3.19. The highest BCUT2D eigenvalue weighted by Crippen LogP contribution is 2.58. The van der Waals surface area contributed by atoms with E-state index in [4.69, 9.17) is 20.2 Å². The molecule has 36 heavy (non-hydrogen) atoms. The summed E-state index contributed by atoms with van der Waals surface area (Å²) in [5.41, 5.74) is 4.83. The third-order valence-electron chi connectivity index (χ3n) is 7.42. The highest BCUT2D eigenvalue weighted by Gasteiger charge is 2.57. The number of carbonyl (C=O) groups is 1. The molecule has 2 atom stereocenters. The number of allylic oxidation sites excluding steroid dienone is 1. The van der Waals surface area contributed by atoms with Gasteiger partial charge >= 0.3 is 6.09 Å². The predicted octanol–water partition coefficient (Wildman–Crippen LogP) is 3.80. The summed E-state index contributed by atoms with van der Waals surface area (Å²) in [5.74, 6) is 2.15. The van der Waals surface area contributed by atoms with Gasteiger partial charge in [0.15, 0.2) is 6.19 Å². The summed E-state index contributed by atoms with van der Waals surface area (Å²) < 4.78 is 13.3.